The Morgan fingerprint density at radius 1 is 0.879 bits per heavy atom. The molecular formula is C29H45BrO3. The third kappa shape index (κ3) is 8.60. The molecule has 0 saturated heterocycles. The number of carbonyl (C=O) groups is 1. The van der Waals surface area contributed by atoms with Crippen LogP contribution >= 0.6 is 15.9 Å². The lowest BCUT2D eigenvalue weighted by Gasteiger charge is -2.37. The van der Waals surface area contributed by atoms with Crippen molar-refractivity contribution in [3.8, 4) is 5.75 Å². The van der Waals surface area contributed by atoms with Crippen LogP contribution in [0.1, 0.15) is 121 Å². The molecule has 2 aliphatic carbocycles. The van der Waals surface area contributed by atoms with E-state index in [9.17, 15) is 4.79 Å². The van der Waals surface area contributed by atoms with Crippen LogP contribution in [0.15, 0.2) is 22.7 Å². The number of esters is 1. The maximum atomic E-state index is 12.7. The van der Waals surface area contributed by atoms with Crippen LogP contribution in [-0.2, 0) is 4.74 Å². The predicted molar refractivity (Wildman–Crippen MR) is 140 cm³/mol. The number of halogens is 1. The topological polar surface area (TPSA) is 35.5 Å². The average molecular weight is 522 g/mol. The average Bonchev–Trinajstić information content (AvgIpc) is 2.84. The first-order chi connectivity index (χ1) is 16.1. The van der Waals surface area contributed by atoms with Gasteiger partial charge in [0.25, 0.3) is 0 Å². The molecule has 2 fully saturated rings. The molecule has 3 rings (SSSR count). The van der Waals surface area contributed by atoms with Crippen molar-refractivity contribution in [3.05, 3.63) is 28.2 Å². The number of hydrogen-bond donors (Lipinski definition) is 0. The fourth-order valence-corrected chi connectivity index (χ4v) is 6.27. The second-order valence-corrected chi connectivity index (χ2v) is 11.3. The number of ether oxygens (including phenoxy) is 2. The van der Waals surface area contributed by atoms with E-state index in [0.717, 1.165) is 53.7 Å². The Balaban J connectivity index is 1.36. The van der Waals surface area contributed by atoms with E-state index in [0.29, 0.717) is 12.2 Å². The molecule has 0 unspecified atom stereocenters. The summed E-state index contributed by atoms with van der Waals surface area (Å²) in [5.74, 6) is 3.32. The Morgan fingerprint density at radius 2 is 1.55 bits per heavy atom. The minimum atomic E-state index is -0.206. The molecule has 0 N–H and O–H groups in total. The summed E-state index contributed by atoms with van der Waals surface area (Å²) in [7, 11) is 0. The van der Waals surface area contributed by atoms with Crippen LogP contribution in [0.3, 0.4) is 0 Å². The van der Waals surface area contributed by atoms with Crippen LogP contribution in [0.2, 0.25) is 0 Å². The van der Waals surface area contributed by atoms with Crippen molar-refractivity contribution in [1.29, 1.82) is 0 Å². The zero-order valence-corrected chi connectivity index (χ0v) is 22.5. The van der Waals surface area contributed by atoms with Crippen LogP contribution < -0.4 is 4.74 Å². The van der Waals surface area contributed by atoms with Crippen LogP contribution in [0.5, 0.6) is 5.75 Å². The molecule has 1 aromatic carbocycles. The van der Waals surface area contributed by atoms with Gasteiger partial charge in [-0.1, -0.05) is 65.2 Å². The first-order valence-electron chi connectivity index (χ1n) is 13.7. The molecule has 0 radical (unpaired) electrons. The van der Waals surface area contributed by atoms with Crippen LogP contribution in [0.4, 0.5) is 0 Å². The van der Waals surface area contributed by atoms with Crippen molar-refractivity contribution < 1.29 is 14.3 Å². The van der Waals surface area contributed by atoms with Gasteiger partial charge >= 0.3 is 5.97 Å². The van der Waals surface area contributed by atoms with Crippen molar-refractivity contribution in [3.63, 3.8) is 0 Å². The van der Waals surface area contributed by atoms with Crippen LogP contribution in [0.25, 0.3) is 0 Å². The fraction of sp³-hybridized carbons (Fsp3) is 0.759. The smallest absolute Gasteiger partial charge is 0.338 e. The summed E-state index contributed by atoms with van der Waals surface area (Å²) >= 11 is 3.54. The molecule has 1 aromatic rings. The van der Waals surface area contributed by atoms with Gasteiger partial charge in [0, 0.05) is 0 Å². The zero-order chi connectivity index (χ0) is 23.5. The highest BCUT2D eigenvalue weighted by Gasteiger charge is 2.32. The first-order valence-corrected chi connectivity index (χ1v) is 14.5. The quantitative estimate of drug-likeness (QED) is 0.203. The summed E-state index contributed by atoms with van der Waals surface area (Å²) in [5.41, 5.74) is 0.601. The molecule has 186 valence electrons. The van der Waals surface area contributed by atoms with E-state index in [4.69, 9.17) is 9.47 Å². The van der Waals surface area contributed by atoms with E-state index in [1.54, 1.807) is 0 Å². The highest BCUT2D eigenvalue weighted by molar-refractivity contribution is 9.10. The summed E-state index contributed by atoms with van der Waals surface area (Å²) in [6.45, 7) is 5.14. The van der Waals surface area contributed by atoms with Crippen molar-refractivity contribution >= 4 is 21.9 Å². The molecule has 4 heteroatoms. The monoisotopic (exact) mass is 520 g/mol. The third-order valence-corrected chi connectivity index (χ3v) is 8.56. The fourth-order valence-electron chi connectivity index (χ4n) is 5.78. The molecule has 0 aromatic heterocycles. The second kappa shape index (κ2) is 14.4. The largest absolute Gasteiger partial charge is 0.492 e. The third-order valence-electron chi connectivity index (χ3n) is 7.94. The first kappa shape index (κ1) is 26.6. The molecule has 0 amide bonds. The number of hydrogen-bond acceptors (Lipinski definition) is 3. The van der Waals surface area contributed by atoms with Gasteiger partial charge in [-0.3, -0.25) is 0 Å². The normalized spacial score (nSPS) is 25.5. The number of rotatable bonds is 12. The zero-order valence-electron chi connectivity index (χ0n) is 21.0. The molecule has 0 heterocycles. The minimum absolute atomic E-state index is 0.0721. The van der Waals surface area contributed by atoms with Crippen molar-refractivity contribution in [1.82, 2.24) is 0 Å². The number of benzene rings is 1. The van der Waals surface area contributed by atoms with Crippen molar-refractivity contribution in [2.45, 2.75) is 116 Å². The lowest BCUT2D eigenvalue weighted by atomic mass is 9.70. The van der Waals surface area contributed by atoms with Gasteiger partial charge in [0.05, 0.1) is 16.6 Å². The second-order valence-electron chi connectivity index (χ2n) is 10.4. The lowest BCUT2D eigenvalue weighted by Crippen LogP contribution is -2.29. The molecule has 0 bridgehead atoms. The molecule has 2 saturated carbocycles. The van der Waals surface area contributed by atoms with Gasteiger partial charge in [-0.05, 0) is 96.8 Å². The number of carbonyl (C=O) groups excluding carboxylic acids is 1. The van der Waals surface area contributed by atoms with Gasteiger partial charge in [0.1, 0.15) is 11.9 Å². The summed E-state index contributed by atoms with van der Waals surface area (Å²) in [4.78, 5) is 12.7. The molecular weight excluding hydrogens is 476 g/mol. The Labute approximate surface area is 210 Å². The molecule has 3 nitrogen and oxygen atoms in total. The van der Waals surface area contributed by atoms with Gasteiger partial charge in [-0.25, -0.2) is 4.79 Å². The highest BCUT2D eigenvalue weighted by atomic mass is 79.9. The van der Waals surface area contributed by atoms with E-state index in [-0.39, 0.29) is 12.1 Å². The minimum Gasteiger partial charge on any atom is -0.492 e. The molecule has 33 heavy (non-hydrogen) atoms. The molecule has 0 aliphatic heterocycles. The Hall–Kier alpha value is -1.03. The van der Waals surface area contributed by atoms with Crippen molar-refractivity contribution in [2.24, 2.45) is 17.8 Å². The highest BCUT2D eigenvalue weighted by Crippen LogP contribution is 2.41. The summed E-state index contributed by atoms with van der Waals surface area (Å²) in [5, 5.41) is 0. The Kier molecular flexibility index (Phi) is 11.6. The van der Waals surface area contributed by atoms with E-state index < -0.39 is 0 Å². The maximum Gasteiger partial charge on any atom is 0.338 e. The van der Waals surface area contributed by atoms with E-state index in [2.05, 4.69) is 29.8 Å². The lowest BCUT2D eigenvalue weighted by molar-refractivity contribution is 0.0109. The van der Waals surface area contributed by atoms with E-state index in [1.165, 1.54) is 70.6 Å². The van der Waals surface area contributed by atoms with Gasteiger partial charge in [0.2, 0.25) is 0 Å². The van der Waals surface area contributed by atoms with E-state index in [1.807, 2.05) is 18.2 Å². The van der Waals surface area contributed by atoms with Gasteiger partial charge < -0.3 is 9.47 Å². The van der Waals surface area contributed by atoms with Gasteiger partial charge in [0.15, 0.2) is 0 Å². The van der Waals surface area contributed by atoms with Crippen LogP contribution in [-0.4, -0.2) is 18.7 Å². The predicted octanol–water partition coefficient (Wildman–Crippen LogP) is 9.12. The summed E-state index contributed by atoms with van der Waals surface area (Å²) in [6.07, 6.45) is 19.5. The Bertz CT molecular complexity index is 703. The number of unbranched alkanes of at least 4 members (excludes halogenated alkanes) is 4. The molecule has 0 spiro atoms. The van der Waals surface area contributed by atoms with E-state index >= 15 is 0 Å². The molecule has 2 aliphatic rings. The Morgan fingerprint density at radius 3 is 2.18 bits per heavy atom. The maximum absolute atomic E-state index is 12.7. The SMILES string of the molecule is CCCCCCC1CCC(C2CCC(OC(=O)c3ccc(OCCCC)c(Br)c3)CC2)CC1. The summed E-state index contributed by atoms with van der Waals surface area (Å²) < 4.78 is 12.5. The summed E-state index contributed by atoms with van der Waals surface area (Å²) in [6, 6.07) is 5.52. The standard InChI is InChI=1S/C29H45BrO3/c1-3-5-7-8-9-22-10-12-23(13-11-22)24-14-17-26(18-15-24)33-29(31)25-16-19-28(27(30)21-25)32-20-6-4-2/h16,19,21-24,26H,3-15,17-18,20H2,1-2H3. The van der Waals surface area contributed by atoms with Gasteiger partial charge in [-0.2, -0.15) is 0 Å². The van der Waals surface area contributed by atoms with Gasteiger partial charge in [-0.15, -0.1) is 0 Å². The van der Waals surface area contributed by atoms with Crippen LogP contribution in [0, 0.1) is 17.8 Å². The molecule has 0 atom stereocenters. The van der Waals surface area contributed by atoms with Crippen molar-refractivity contribution in [2.75, 3.05) is 6.61 Å².